The molecule has 0 fully saturated rings. The standard InChI is InChI=1S/C17H23N3/c1-5-18-11-14-10-17(20(4)12-13(2)3)19-16-9-7-6-8-15(14)16/h6-10,18H,2,5,11-12H2,1,3-4H3. The molecule has 0 amide bonds. The van der Waals surface area contributed by atoms with Gasteiger partial charge in [-0.25, -0.2) is 4.98 Å². The second-order valence-electron chi connectivity index (χ2n) is 5.25. The minimum atomic E-state index is 0.825. The Kier molecular flexibility index (Phi) is 4.74. The van der Waals surface area contributed by atoms with Crippen molar-refractivity contribution < 1.29 is 0 Å². The number of hydrogen-bond acceptors (Lipinski definition) is 3. The summed E-state index contributed by atoms with van der Waals surface area (Å²) in [4.78, 5) is 6.90. The molecular formula is C17H23N3. The topological polar surface area (TPSA) is 28.2 Å². The van der Waals surface area contributed by atoms with Crippen LogP contribution < -0.4 is 10.2 Å². The van der Waals surface area contributed by atoms with Crippen LogP contribution in [0, 0.1) is 0 Å². The zero-order chi connectivity index (χ0) is 14.5. The van der Waals surface area contributed by atoms with Gasteiger partial charge in [-0.15, -0.1) is 0 Å². The molecule has 0 spiro atoms. The molecule has 0 bridgehead atoms. The molecule has 1 aromatic heterocycles. The number of hydrogen-bond donors (Lipinski definition) is 1. The maximum absolute atomic E-state index is 4.75. The summed E-state index contributed by atoms with van der Waals surface area (Å²) in [7, 11) is 2.06. The number of likely N-dealkylation sites (N-methyl/N-ethyl adjacent to an activating group) is 1. The third kappa shape index (κ3) is 3.36. The van der Waals surface area contributed by atoms with E-state index in [1.807, 2.05) is 13.0 Å². The number of pyridine rings is 1. The van der Waals surface area contributed by atoms with Crippen molar-refractivity contribution in [3.05, 3.63) is 48.0 Å². The lowest BCUT2D eigenvalue weighted by Gasteiger charge is -2.20. The lowest BCUT2D eigenvalue weighted by molar-refractivity contribution is 0.729. The predicted molar refractivity (Wildman–Crippen MR) is 87.2 cm³/mol. The van der Waals surface area contributed by atoms with Gasteiger partial charge in [0.1, 0.15) is 5.82 Å². The maximum Gasteiger partial charge on any atom is 0.129 e. The molecule has 1 aromatic carbocycles. The number of anilines is 1. The molecule has 1 N–H and O–H groups in total. The summed E-state index contributed by atoms with van der Waals surface area (Å²) < 4.78 is 0. The van der Waals surface area contributed by atoms with E-state index >= 15 is 0 Å². The fourth-order valence-electron chi connectivity index (χ4n) is 2.32. The van der Waals surface area contributed by atoms with E-state index in [9.17, 15) is 0 Å². The zero-order valence-corrected chi connectivity index (χ0v) is 12.6. The van der Waals surface area contributed by atoms with Crippen molar-refractivity contribution >= 4 is 16.7 Å². The van der Waals surface area contributed by atoms with E-state index in [1.54, 1.807) is 0 Å². The smallest absolute Gasteiger partial charge is 0.129 e. The first-order valence-corrected chi connectivity index (χ1v) is 7.06. The lowest BCUT2D eigenvalue weighted by atomic mass is 10.1. The van der Waals surface area contributed by atoms with Crippen LogP contribution in [0.4, 0.5) is 5.82 Å². The van der Waals surface area contributed by atoms with E-state index in [-0.39, 0.29) is 0 Å². The minimum absolute atomic E-state index is 0.825. The molecule has 0 atom stereocenters. The van der Waals surface area contributed by atoms with Crippen LogP contribution in [0.1, 0.15) is 19.4 Å². The molecule has 0 saturated heterocycles. The molecule has 106 valence electrons. The second-order valence-corrected chi connectivity index (χ2v) is 5.25. The van der Waals surface area contributed by atoms with Gasteiger partial charge in [0.2, 0.25) is 0 Å². The quantitative estimate of drug-likeness (QED) is 0.815. The molecule has 0 unspecified atom stereocenters. The van der Waals surface area contributed by atoms with E-state index < -0.39 is 0 Å². The van der Waals surface area contributed by atoms with Gasteiger partial charge < -0.3 is 10.2 Å². The van der Waals surface area contributed by atoms with Gasteiger partial charge in [-0.2, -0.15) is 0 Å². The number of benzene rings is 1. The van der Waals surface area contributed by atoms with Crippen LogP contribution in [0.5, 0.6) is 0 Å². The molecular weight excluding hydrogens is 246 g/mol. The molecule has 2 rings (SSSR count). The Labute approximate surface area is 121 Å². The molecule has 0 aliphatic rings. The highest BCUT2D eigenvalue weighted by atomic mass is 15.2. The van der Waals surface area contributed by atoms with Crippen molar-refractivity contribution in [1.29, 1.82) is 0 Å². The van der Waals surface area contributed by atoms with Crippen molar-refractivity contribution in [3.8, 4) is 0 Å². The number of fused-ring (bicyclic) bond motifs is 1. The fraction of sp³-hybridized carbons (Fsp3) is 0.353. The normalized spacial score (nSPS) is 10.8. The number of para-hydroxylation sites is 1. The van der Waals surface area contributed by atoms with Crippen molar-refractivity contribution in [2.45, 2.75) is 20.4 Å². The summed E-state index contributed by atoms with van der Waals surface area (Å²) in [5, 5.41) is 4.62. The maximum atomic E-state index is 4.75. The van der Waals surface area contributed by atoms with Crippen LogP contribution in [0.3, 0.4) is 0 Å². The van der Waals surface area contributed by atoms with Crippen molar-refractivity contribution in [2.75, 3.05) is 25.0 Å². The summed E-state index contributed by atoms with van der Waals surface area (Å²) >= 11 is 0. The van der Waals surface area contributed by atoms with Crippen LogP contribution in [0.25, 0.3) is 10.9 Å². The van der Waals surface area contributed by atoms with Crippen LogP contribution >= 0.6 is 0 Å². The number of nitrogens with one attached hydrogen (secondary N) is 1. The highest BCUT2D eigenvalue weighted by molar-refractivity contribution is 5.84. The third-order valence-corrected chi connectivity index (χ3v) is 3.25. The Morgan fingerprint density at radius 1 is 1.35 bits per heavy atom. The van der Waals surface area contributed by atoms with E-state index in [1.165, 1.54) is 10.9 Å². The highest BCUT2D eigenvalue weighted by Gasteiger charge is 2.08. The summed E-state index contributed by atoms with van der Waals surface area (Å²) in [6.45, 7) is 10.8. The van der Waals surface area contributed by atoms with Crippen molar-refractivity contribution in [3.63, 3.8) is 0 Å². The largest absolute Gasteiger partial charge is 0.356 e. The SMILES string of the molecule is C=C(C)CN(C)c1cc(CNCC)c2ccccc2n1. The molecule has 2 aromatic rings. The molecule has 1 heterocycles. The van der Waals surface area contributed by atoms with Crippen LogP contribution in [0.15, 0.2) is 42.5 Å². The first kappa shape index (κ1) is 14.5. The first-order chi connectivity index (χ1) is 9.61. The van der Waals surface area contributed by atoms with Gasteiger partial charge in [0.05, 0.1) is 5.52 Å². The zero-order valence-electron chi connectivity index (χ0n) is 12.6. The van der Waals surface area contributed by atoms with E-state index in [2.05, 4.69) is 55.0 Å². The highest BCUT2D eigenvalue weighted by Crippen LogP contribution is 2.22. The van der Waals surface area contributed by atoms with Crippen LogP contribution in [0.2, 0.25) is 0 Å². The average Bonchev–Trinajstić information content (AvgIpc) is 2.43. The monoisotopic (exact) mass is 269 g/mol. The van der Waals surface area contributed by atoms with Gasteiger partial charge in [-0.05, 0) is 31.2 Å². The first-order valence-electron chi connectivity index (χ1n) is 7.06. The number of rotatable bonds is 6. The van der Waals surface area contributed by atoms with Gasteiger partial charge in [0.15, 0.2) is 0 Å². The Morgan fingerprint density at radius 2 is 2.10 bits per heavy atom. The Balaban J connectivity index is 2.43. The second kappa shape index (κ2) is 6.53. The molecule has 3 nitrogen and oxygen atoms in total. The lowest BCUT2D eigenvalue weighted by Crippen LogP contribution is -2.21. The Hall–Kier alpha value is -1.87. The van der Waals surface area contributed by atoms with Crippen molar-refractivity contribution in [1.82, 2.24) is 10.3 Å². The van der Waals surface area contributed by atoms with Gasteiger partial charge in [0.25, 0.3) is 0 Å². The molecule has 3 heteroatoms. The van der Waals surface area contributed by atoms with Crippen LogP contribution in [-0.2, 0) is 6.54 Å². The summed E-state index contributed by atoms with van der Waals surface area (Å²) in [6.07, 6.45) is 0. The number of aromatic nitrogens is 1. The summed E-state index contributed by atoms with van der Waals surface area (Å²) in [5.41, 5.74) is 3.48. The summed E-state index contributed by atoms with van der Waals surface area (Å²) in [6, 6.07) is 10.5. The van der Waals surface area contributed by atoms with E-state index in [0.29, 0.717) is 0 Å². The van der Waals surface area contributed by atoms with Crippen molar-refractivity contribution in [2.24, 2.45) is 0 Å². The minimum Gasteiger partial charge on any atom is -0.356 e. The van der Waals surface area contributed by atoms with Crippen LogP contribution in [-0.4, -0.2) is 25.1 Å². The Bertz CT molecular complexity index is 604. The van der Waals surface area contributed by atoms with Gasteiger partial charge in [-0.3, -0.25) is 0 Å². The fourth-order valence-corrected chi connectivity index (χ4v) is 2.32. The van der Waals surface area contributed by atoms with Gasteiger partial charge in [0, 0.05) is 25.5 Å². The molecule has 0 saturated carbocycles. The van der Waals surface area contributed by atoms with E-state index in [0.717, 1.165) is 36.5 Å². The number of nitrogens with zero attached hydrogens (tertiary/aromatic N) is 2. The predicted octanol–water partition coefficient (Wildman–Crippen LogP) is 3.36. The van der Waals surface area contributed by atoms with E-state index in [4.69, 9.17) is 4.98 Å². The third-order valence-electron chi connectivity index (χ3n) is 3.25. The Morgan fingerprint density at radius 3 is 2.80 bits per heavy atom. The summed E-state index contributed by atoms with van der Waals surface area (Å²) in [5.74, 6) is 1.000. The molecule has 0 radical (unpaired) electrons. The average molecular weight is 269 g/mol. The molecule has 0 aliphatic carbocycles. The van der Waals surface area contributed by atoms with Gasteiger partial charge in [-0.1, -0.05) is 37.3 Å². The molecule has 0 aliphatic heterocycles. The molecule has 20 heavy (non-hydrogen) atoms. The van der Waals surface area contributed by atoms with Gasteiger partial charge >= 0.3 is 0 Å².